The Morgan fingerprint density at radius 2 is 1.81 bits per heavy atom. The van der Waals surface area contributed by atoms with E-state index in [0.29, 0.717) is 39.9 Å². The van der Waals surface area contributed by atoms with Crippen molar-refractivity contribution in [2.24, 2.45) is 11.8 Å². The van der Waals surface area contributed by atoms with Gasteiger partial charge in [-0.1, -0.05) is 43.9 Å². The summed E-state index contributed by atoms with van der Waals surface area (Å²) >= 11 is 6.87. The molecule has 0 bridgehead atoms. The summed E-state index contributed by atoms with van der Waals surface area (Å²) in [6.07, 6.45) is 13.2. The van der Waals surface area contributed by atoms with E-state index in [4.69, 9.17) is 26.1 Å². The Morgan fingerprint density at radius 3 is 2.49 bits per heavy atom. The molecule has 6 rings (SSSR count). The van der Waals surface area contributed by atoms with Gasteiger partial charge in [0.1, 0.15) is 22.3 Å². The Bertz CT molecular complexity index is 1410. The van der Waals surface area contributed by atoms with Crippen LogP contribution in [0.2, 0.25) is 5.02 Å². The zero-order chi connectivity index (χ0) is 30.2. The molecule has 4 aliphatic rings. The van der Waals surface area contributed by atoms with Crippen LogP contribution < -0.4 is 29.9 Å². The molecule has 1 unspecified atom stereocenters. The molecule has 0 saturated heterocycles. The average molecular weight is 609 g/mol. The number of ether oxygens (including phenoxy) is 2. The summed E-state index contributed by atoms with van der Waals surface area (Å²) in [6, 6.07) is 1.47. The number of anilines is 3. The summed E-state index contributed by atoms with van der Waals surface area (Å²) in [6.45, 7) is 3.89. The predicted octanol–water partition coefficient (Wildman–Crippen LogP) is 6.04. The van der Waals surface area contributed by atoms with Crippen molar-refractivity contribution in [2.45, 2.75) is 82.3 Å². The molecule has 0 radical (unpaired) electrons. The molecule has 3 fully saturated rings. The SMILES string of the molecule is C=CC(=O)N[C@H]1CCC(C2CCCC2)C[C@H]1Nc1ncc2c(n1)N(C)C(=O)N(c1c(Cl)c(OC)cc(OC)c1C1CC1)C2. The average Bonchev–Trinajstić information content (AvgIpc) is 3.71. The third-order valence-electron chi connectivity index (χ3n) is 9.69. The summed E-state index contributed by atoms with van der Waals surface area (Å²) in [7, 11) is 4.89. The molecule has 1 aromatic heterocycles. The van der Waals surface area contributed by atoms with Gasteiger partial charge in [0, 0.05) is 42.5 Å². The van der Waals surface area contributed by atoms with Crippen molar-refractivity contribution < 1.29 is 19.1 Å². The fourth-order valence-electron chi connectivity index (χ4n) is 7.31. The van der Waals surface area contributed by atoms with Crippen molar-refractivity contribution in [2.75, 3.05) is 36.4 Å². The highest BCUT2D eigenvalue weighted by Crippen LogP contribution is 2.54. The zero-order valence-electron chi connectivity index (χ0n) is 25.2. The first-order valence-corrected chi connectivity index (χ1v) is 15.8. The van der Waals surface area contributed by atoms with Crippen molar-refractivity contribution in [3.8, 4) is 11.5 Å². The summed E-state index contributed by atoms with van der Waals surface area (Å²) in [5.74, 6) is 3.56. The van der Waals surface area contributed by atoms with E-state index in [9.17, 15) is 9.59 Å². The van der Waals surface area contributed by atoms with E-state index in [1.807, 2.05) is 0 Å². The normalized spacial score (nSPS) is 24.0. The van der Waals surface area contributed by atoms with Gasteiger partial charge in [-0.15, -0.1) is 0 Å². The number of nitrogens with one attached hydrogen (secondary N) is 2. The number of aromatic nitrogens is 2. The molecule has 0 spiro atoms. The molecule has 2 N–H and O–H groups in total. The highest BCUT2D eigenvalue weighted by molar-refractivity contribution is 6.36. The number of amides is 3. The predicted molar refractivity (Wildman–Crippen MR) is 167 cm³/mol. The minimum absolute atomic E-state index is 0.0217. The number of carbonyl (C=O) groups excluding carboxylic acids is 2. The van der Waals surface area contributed by atoms with Crippen molar-refractivity contribution in [3.63, 3.8) is 0 Å². The van der Waals surface area contributed by atoms with Crippen LogP contribution in [0.15, 0.2) is 24.9 Å². The molecule has 10 nitrogen and oxygen atoms in total. The Balaban J connectivity index is 1.28. The largest absolute Gasteiger partial charge is 0.496 e. The maximum absolute atomic E-state index is 13.9. The molecule has 11 heteroatoms. The van der Waals surface area contributed by atoms with E-state index in [1.54, 1.807) is 43.3 Å². The number of methoxy groups -OCH3 is 2. The maximum Gasteiger partial charge on any atom is 0.330 e. The summed E-state index contributed by atoms with van der Waals surface area (Å²) in [4.78, 5) is 38.9. The topological polar surface area (TPSA) is 109 Å². The quantitative estimate of drug-likeness (QED) is 0.334. The number of halogens is 1. The van der Waals surface area contributed by atoms with Crippen LogP contribution in [0.1, 0.15) is 74.8 Å². The van der Waals surface area contributed by atoms with Crippen LogP contribution in [0, 0.1) is 11.8 Å². The minimum Gasteiger partial charge on any atom is -0.496 e. The molecule has 2 aromatic rings. The number of urea groups is 1. The van der Waals surface area contributed by atoms with Gasteiger partial charge in [0.05, 0.1) is 26.5 Å². The standard InChI is InChI=1S/C32H41ClN6O4/c1-5-26(40)35-22-13-12-20(18-8-6-7-9-18)14-23(22)36-31-34-16-21-17-39(32(41)38(2)30(21)37-31)29-27(19-10-11-19)24(42-3)15-25(43-4)28(29)33/h5,15-16,18-20,22-23H,1,6-14,17H2,2-4H3,(H,35,40)(H,34,36,37)/t20?,22-,23+/m0/s1. The van der Waals surface area contributed by atoms with Crippen LogP contribution in [0.3, 0.4) is 0 Å². The van der Waals surface area contributed by atoms with Crippen molar-refractivity contribution in [1.29, 1.82) is 0 Å². The number of hydrogen-bond acceptors (Lipinski definition) is 7. The number of carbonyl (C=O) groups is 2. The van der Waals surface area contributed by atoms with Gasteiger partial charge in [-0.05, 0) is 55.9 Å². The summed E-state index contributed by atoms with van der Waals surface area (Å²) in [5.41, 5.74) is 2.35. The monoisotopic (exact) mass is 608 g/mol. The summed E-state index contributed by atoms with van der Waals surface area (Å²) in [5, 5.41) is 7.04. The number of hydrogen-bond donors (Lipinski definition) is 2. The number of fused-ring (bicyclic) bond motifs is 1. The van der Waals surface area contributed by atoms with Gasteiger partial charge in [0.2, 0.25) is 11.9 Å². The first kappa shape index (κ1) is 29.5. The Kier molecular flexibility index (Phi) is 8.40. The third kappa shape index (κ3) is 5.73. The fraction of sp³-hybridized carbons (Fsp3) is 0.562. The molecule has 2 heterocycles. The molecular formula is C32H41ClN6O4. The molecule has 3 atom stereocenters. The fourth-order valence-corrected chi connectivity index (χ4v) is 7.65. The van der Waals surface area contributed by atoms with Gasteiger partial charge in [-0.25, -0.2) is 9.78 Å². The van der Waals surface area contributed by atoms with Crippen LogP contribution in [0.5, 0.6) is 11.5 Å². The second-order valence-corrected chi connectivity index (χ2v) is 12.7. The molecular weight excluding hydrogens is 568 g/mol. The van der Waals surface area contributed by atoms with Crippen LogP contribution >= 0.6 is 11.6 Å². The lowest BCUT2D eigenvalue weighted by Gasteiger charge is -2.39. The van der Waals surface area contributed by atoms with Gasteiger partial charge in [0.25, 0.3) is 0 Å². The van der Waals surface area contributed by atoms with Crippen LogP contribution in [-0.4, -0.2) is 55.3 Å². The van der Waals surface area contributed by atoms with E-state index in [2.05, 4.69) is 22.2 Å². The van der Waals surface area contributed by atoms with Crippen molar-refractivity contribution in [1.82, 2.24) is 15.3 Å². The maximum atomic E-state index is 13.9. The van der Waals surface area contributed by atoms with E-state index in [-0.39, 0.29) is 36.5 Å². The van der Waals surface area contributed by atoms with Crippen molar-refractivity contribution >= 4 is 41.0 Å². The lowest BCUT2D eigenvalue weighted by atomic mass is 9.75. The third-order valence-corrected chi connectivity index (χ3v) is 10.1. The smallest absolute Gasteiger partial charge is 0.330 e. The second-order valence-electron chi connectivity index (χ2n) is 12.3. The van der Waals surface area contributed by atoms with E-state index in [1.165, 1.54) is 31.8 Å². The lowest BCUT2D eigenvalue weighted by molar-refractivity contribution is -0.117. The van der Waals surface area contributed by atoms with Gasteiger partial charge < -0.3 is 20.1 Å². The van der Waals surface area contributed by atoms with E-state index < -0.39 is 0 Å². The Hall–Kier alpha value is -3.53. The van der Waals surface area contributed by atoms with Gasteiger partial charge in [-0.2, -0.15) is 4.98 Å². The Labute approximate surface area is 258 Å². The molecule has 1 aliphatic heterocycles. The number of nitrogens with zero attached hydrogens (tertiary/aromatic N) is 4. The zero-order valence-corrected chi connectivity index (χ0v) is 26.0. The molecule has 230 valence electrons. The van der Waals surface area contributed by atoms with Crippen molar-refractivity contribution in [3.05, 3.63) is 41.1 Å². The van der Waals surface area contributed by atoms with Gasteiger partial charge in [0.15, 0.2) is 0 Å². The number of rotatable bonds is 9. The molecule has 3 amide bonds. The van der Waals surface area contributed by atoms with Crippen LogP contribution in [0.4, 0.5) is 22.2 Å². The van der Waals surface area contributed by atoms with Crippen LogP contribution in [-0.2, 0) is 11.3 Å². The molecule has 1 aromatic carbocycles. The summed E-state index contributed by atoms with van der Waals surface area (Å²) < 4.78 is 11.3. The Morgan fingerprint density at radius 1 is 1.07 bits per heavy atom. The second kappa shape index (κ2) is 12.2. The number of benzene rings is 1. The lowest BCUT2D eigenvalue weighted by Crippen LogP contribution is -2.51. The van der Waals surface area contributed by atoms with Gasteiger partial charge in [-0.3, -0.25) is 14.6 Å². The molecule has 43 heavy (non-hydrogen) atoms. The minimum atomic E-state index is -0.244. The highest BCUT2D eigenvalue weighted by atomic mass is 35.5. The van der Waals surface area contributed by atoms with E-state index in [0.717, 1.165) is 49.1 Å². The first-order valence-electron chi connectivity index (χ1n) is 15.4. The highest BCUT2D eigenvalue weighted by Gasteiger charge is 2.40. The molecule has 3 aliphatic carbocycles. The van der Waals surface area contributed by atoms with E-state index >= 15 is 0 Å². The first-order chi connectivity index (χ1) is 20.8. The van der Waals surface area contributed by atoms with Crippen LogP contribution in [0.25, 0.3) is 0 Å². The molecule has 3 saturated carbocycles. The van der Waals surface area contributed by atoms with Gasteiger partial charge >= 0.3 is 6.03 Å².